The first kappa shape index (κ1) is 13.9. The van der Waals surface area contributed by atoms with E-state index in [1.807, 2.05) is 44.2 Å². The SMILES string of the molecule is CC(C)OC(=O)CSCCOc1ccccc1. The summed E-state index contributed by atoms with van der Waals surface area (Å²) >= 11 is 1.52. The Morgan fingerprint density at radius 3 is 2.65 bits per heavy atom. The van der Waals surface area contributed by atoms with Crippen LogP contribution >= 0.6 is 11.8 Å². The number of ether oxygens (including phenoxy) is 2. The van der Waals surface area contributed by atoms with E-state index in [4.69, 9.17) is 9.47 Å². The Morgan fingerprint density at radius 1 is 1.29 bits per heavy atom. The van der Waals surface area contributed by atoms with Crippen LogP contribution in [-0.2, 0) is 9.53 Å². The van der Waals surface area contributed by atoms with E-state index in [-0.39, 0.29) is 12.1 Å². The lowest BCUT2D eigenvalue weighted by molar-refractivity contribution is -0.144. The van der Waals surface area contributed by atoms with Gasteiger partial charge in [0, 0.05) is 5.75 Å². The summed E-state index contributed by atoms with van der Waals surface area (Å²) in [5.41, 5.74) is 0. The molecule has 0 saturated carbocycles. The molecule has 1 aromatic carbocycles. The monoisotopic (exact) mass is 254 g/mol. The molecule has 0 amide bonds. The van der Waals surface area contributed by atoms with Crippen LogP contribution in [0.25, 0.3) is 0 Å². The first-order valence-electron chi connectivity index (χ1n) is 5.63. The van der Waals surface area contributed by atoms with Crippen molar-refractivity contribution in [2.75, 3.05) is 18.1 Å². The second kappa shape index (κ2) is 8.01. The van der Waals surface area contributed by atoms with E-state index in [9.17, 15) is 4.79 Å². The Bertz CT molecular complexity index is 325. The van der Waals surface area contributed by atoms with E-state index in [0.717, 1.165) is 11.5 Å². The van der Waals surface area contributed by atoms with Crippen molar-refractivity contribution in [1.82, 2.24) is 0 Å². The van der Waals surface area contributed by atoms with Gasteiger partial charge in [0.1, 0.15) is 5.75 Å². The van der Waals surface area contributed by atoms with Gasteiger partial charge >= 0.3 is 5.97 Å². The van der Waals surface area contributed by atoms with E-state index < -0.39 is 0 Å². The maximum atomic E-state index is 11.2. The zero-order valence-corrected chi connectivity index (χ0v) is 11.0. The van der Waals surface area contributed by atoms with Crippen LogP contribution in [0.15, 0.2) is 30.3 Å². The smallest absolute Gasteiger partial charge is 0.316 e. The van der Waals surface area contributed by atoms with Crippen LogP contribution in [0.5, 0.6) is 5.75 Å². The second-order valence-electron chi connectivity index (χ2n) is 3.75. The molecule has 0 spiro atoms. The third-order valence-electron chi connectivity index (χ3n) is 1.83. The van der Waals surface area contributed by atoms with Crippen LogP contribution in [0.3, 0.4) is 0 Å². The Morgan fingerprint density at radius 2 is 2.00 bits per heavy atom. The second-order valence-corrected chi connectivity index (χ2v) is 4.86. The van der Waals surface area contributed by atoms with Gasteiger partial charge in [-0.25, -0.2) is 0 Å². The lowest BCUT2D eigenvalue weighted by Gasteiger charge is -2.08. The van der Waals surface area contributed by atoms with Crippen LogP contribution in [0.4, 0.5) is 0 Å². The van der Waals surface area contributed by atoms with Gasteiger partial charge in [-0.15, -0.1) is 11.8 Å². The van der Waals surface area contributed by atoms with Gasteiger partial charge < -0.3 is 9.47 Å². The largest absolute Gasteiger partial charge is 0.493 e. The minimum atomic E-state index is -0.162. The predicted octanol–water partition coefficient (Wildman–Crippen LogP) is 2.75. The number of thioether (sulfide) groups is 1. The van der Waals surface area contributed by atoms with Crippen LogP contribution in [0, 0.1) is 0 Å². The standard InChI is InChI=1S/C13H18O3S/c1-11(2)16-13(14)10-17-9-8-15-12-6-4-3-5-7-12/h3-7,11H,8-10H2,1-2H3. The summed E-state index contributed by atoms with van der Waals surface area (Å²) in [5, 5.41) is 0. The Hall–Kier alpha value is -1.16. The normalized spacial score (nSPS) is 10.3. The first-order chi connectivity index (χ1) is 8.18. The van der Waals surface area contributed by atoms with Crippen LogP contribution < -0.4 is 4.74 Å². The van der Waals surface area contributed by atoms with Gasteiger partial charge in [0.15, 0.2) is 0 Å². The third-order valence-corrected chi connectivity index (χ3v) is 2.72. The molecule has 3 nitrogen and oxygen atoms in total. The van der Waals surface area contributed by atoms with E-state index >= 15 is 0 Å². The van der Waals surface area contributed by atoms with Crippen molar-refractivity contribution in [2.24, 2.45) is 0 Å². The lowest BCUT2D eigenvalue weighted by atomic mass is 10.3. The van der Waals surface area contributed by atoms with Crippen LogP contribution in [0.2, 0.25) is 0 Å². The van der Waals surface area contributed by atoms with E-state index in [0.29, 0.717) is 12.4 Å². The molecule has 0 aliphatic heterocycles. The number of rotatable bonds is 7. The quantitative estimate of drug-likeness (QED) is 0.553. The highest BCUT2D eigenvalue weighted by atomic mass is 32.2. The zero-order chi connectivity index (χ0) is 12.5. The van der Waals surface area contributed by atoms with Gasteiger partial charge in [-0.05, 0) is 26.0 Å². The molecule has 94 valence electrons. The molecule has 0 atom stereocenters. The van der Waals surface area contributed by atoms with Crippen molar-refractivity contribution in [3.63, 3.8) is 0 Å². The summed E-state index contributed by atoms with van der Waals surface area (Å²) in [7, 11) is 0. The summed E-state index contributed by atoms with van der Waals surface area (Å²) in [6, 6.07) is 9.64. The van der Waals surface area contributed by atoms with Crippen molar-refractivity contribution in [3.05, 3.63) is 30.3 Å². The lowest BCUT2D eigenvalue weighted by Crippen LogP contribution is -2.14. The summed E-state index contributed by atoms with van der Waals surface area (Å²) in [6.45, 7) is 4.30. The summed E-state index contributed by atoms with van der Waals surface area (Å²) in [5.74, 6) is 1.86. The topological polar surface area (TPSA) is 35.5 Å². The summed E-state index contributed by atoms with van der Waals surface area (Å²) < 4.78 is 10.5. The summed E-state index contributed by atoms with van der Waals surface area (Å²) in [6.07, 6.45) is -0.0383. The van der Waals surface area contributed by atoms with Crippen molar-refractivity contribution < 1.29 is 14.3 Å². The van der Waals surface area contributed by atoms with Gasteiger partial charge in [0.2, 0.25) is 0 Å². The number of para-hydroxylation sites is 1. The Balaban J connectivity index is 2.03. The molecule has 0 bridgehead atoms. The molecule has 0 fully saturated rings. The van der Waals surface area contributed by atoms with E-state index in [2.05, 4.69) is 0 Å². The number of hydrogen-bond donors (Lipinski definition) is 0. The fourth-order valence-corrected chi connectivity index (χ4v) is 1.77. The van der Waals surface area contributed by atoms with Gasteiger partial charge in [0.25, 0.3) is 0 Å². The Kier molecular flexibility index (Phi) is 6.55. The number of hydrogen-bond acceptors (Lipinski definition) is 4. The van der Waals surface area contributed by atoms with E-state index in [1.165, 1.54) is 11.8 Å². The minimum Gasteiger partial charge on any atom is -0.493 e. The number of carbonyl (C=O) groups excluding carboxylic acids is 1. The number of carbonyl (C=O) groups is 1. The molecule has 1 rings (SSSR count). The minimum absolute atomic E-state index is 0.0383. The molecule has 17 heavy (non-hydrogen) atoms. The van der Waals surface area contributed by atoms with Gasteiger partial charge in [0.05, 0.1) is 18.5 Å². The van der Waals surface area contributed by atoms with Gasteiger partial charge in [-0.1, -0.05) is 18.2 Å². The van der Waals surface area contributed by atoms with Crippen molar-refractivity contribution in [2.45, 2.75) is 20.0 Å². The third kappa shape index (κ3) is 6.89. The molecule has 0 aromatic heterocycles. The molecule has 4 heteroatoms. The fourth-order valence-electron chi connectivity index (χ4n) is 1.19. The maximum absolute atomic E-state index is 11.2. The highest BCUT2D eigenvalue weighted by molar-refractivity contribution is 7.99. The average Bonchev–Trinajstić information content (AvgIpc) is 2.29. The van der Waals surface area contributed by atoms with Crippen molar-refractivity contribution in [3.8, 4) is 5.75 Å². The Labute approximate surface area is 106 Å². The molecule has 0 N–H and O–H groups in total. The van der Waals surface area contributed by atoms with Crippen LogP contribution in [-0.4, -0.2) is 30.2 Å². The predicted molar refractivity (Wildman–Crippen MR) is 70.5 cm³/mol. The molecule has 1 aromatic rings. The molecule has 0 saturated heterocycles. The molecule has 0 aliphatic carbocycles. The highest BCUT2D eigenvalue weighted by Gasteiger charge is 2.04. The molecular formula is C13H18O3S. The molecule has 0 heterocycles. The van der Waals surface area contributed by atoms with Crippen LogP contribution in [0.1, 0.15) is 13.8 Å². The molecule has 0 aliphatic rings. The zero-order valence-electron chi connectivity index (χ0n) is 10.2. The van der Waals surface area contributed by atoms with Gasteiger partial charge in [-0.3, -0.25) is 4.79 Å². The number of esters is 1. The van der Waals surface area contributed by atoms with Crippen molar-refractivity contribution >= 4 is 17.7 Å². The highest BCUT2D eigenvalue weighted by Crippen LogP contribution is 2.09. The average molecular weight is 254 g/mol. The summed E-state index contributed by atoms with van der Waals surface area (Å²) in [4.78, 5) is 11.2. The van der Waals surface area contributed by atoms with Gasteiger partial charge in [-0.2, -0.15) is 0 Å². The fraction of sp³-hybridized carbons (Fsp3) is 0.462. The molecular weight excluding hydrogens is 236 g/mol. The first-order valence-corrected chi connectivity index (χ1v) is 6.79. The van der Waals surface area contributed by atoms with E-state index in [1.54, 1.807) is 0 Å². The molecule has 0 unspecified atom stereocenters. The van der Waals surface area contributed by atoms with Crippen molar-refractivity contribution in [1.29, 1.82) is 0 Å². The number of benzene rings is 1. The molecule has 0 radical (unpaired) electrons. The maximum Gasteiger partial charge on any atom is 0.316 e.